The minimum Gasteiger partial charge on any atom is -0.299 e. The van der Waals surface area contributed by atoms with Crippen LogP contribution in [0.25, 0.3) is 0 Å². The number of fused-ring (bicyclic) bond motifs is 2. The molecule has 2 heteroatoms. The molecule has 2 fully saturated rings. The molecule has 2 atom stereocenters. The highest BCUT2D eigenvalue weighted by atomic mass is 35.5. The molecule has 0 spiro atoms. The molecule has 102 valence electrons. The Labute approximate surface area is 120 Å². The summed E-state index contributed by atoms with van der Waals surface area (Å²) in [6, 6.07) is 7.34. The largest absolute Gasteiger partial charge is 0.299 e. The van der Waals surface area contributed by atoms with E-state index in [1.165, 1.54) is 57.2 Å². The average molecular weight is 276 g/mol. The zero-order valence-corrected chi connectivity index (χ0v) is 12.2. The van der Waals surface area contributed by atoms with E-state index in [4.69, 9.17) is 11.6 Å². The van der Waals surface area contributed by atoms with Crippen LogP contribution in [0.15, 0.2) is 18.2 Å². The van der Waals surface area contributed by atoms with Gasteiger partial charge in [-0.15, -0.1) is 0 Å². The summed E-state index contributed by atoms with van der Waals surface area (Å²) in [5, 5.41) is 0.905. The molecule has 0 radical (unpaired) electrons. The van der Waals surface area contributed by atoms with Gasteiger partial charge >= 0.3 is 0 Å². The number of halogens is 1. The normalized spacial score (nSPS) is 30.8. The van der Waals surface area contributed by atoms with Crippen LogP contribution < -0.4 is 0 Å². The molecule has 0 aromatic heterocycles. The molecule has 0 amide bonds. The Morgan fingerprint density at radius 3 is 2.84 bits per heavy atom. The standard InChI is InChI=1S/C17H22ClN/c18-16-6-5-13-10-17-14(8-15(13)9-16)2-1-7-19(17)11-12-3-4-12/h5-6,9,12,14,17H,1-4,7-8,10-11H2. The Morgan fingerprint density at radius 1 is 1.11 bits per heavy atom. The molecular formula is C17H22ClN. The van der Waals surface area contributed by atoms with Crippen LogP contribution in [-0.4, -0.2) is 24.0 Å². The second-order valence-corrected chi connectivity index (χ2v) is 7.17. The van der Waals surface area contributed by atoms with Crippen molar-refractivity contribution in [3.63, 3.8) is 0 Å². The summed E-state index contributed by atoms with van der Waals surface area (Å²) in [7, 11) is 0. The average Bonchev–Trinajstić information content (AvgIpc) is 3.21. The number of hydrogen-bond acceptors (Lipinski definition) is 1. The van der Waals surface area contributed by atoms with E-state index >= 15 is 0 Å². The Bertz CT molecular complexity index is 480. The van der Waals surface area contributed by atoms with Gasteiger partial charge in [0.25, 0.3) is 0 Å². The van der Waals surface area contributed by atoms with E-state index in [2.05, 4.69) is 23.1 Å². The van der Waals surface area contributed by atoms with E-state index in [0.717, 1.165) is 22.9 Å². The summed E-state index contributed by atoms with van der Waals surface area (Å²) in [6.45, 7) is 2.70. The summed E-state index contributed by atoms with van der Waals surface area (Å²) < 4.78 is 0. The van der Waals surface area contributed by atoms with Crippen LogP contribution in [0.5, 0.6) is 0 Å². The van der Waals surface area contributed by atoms with E-state index in [1.54, 1.807) is 5.56 Å². The molecule has 1 nitrogen and oxygen atoms in total. The third kappa shape index (κ3) is 2.43. The first-order chi connectivity index (χ1) is 9.29. The maximum Gasteiger partial charge on any atom is 0.0408 e. The van der Waals surface area contributed by atoms with Crippen molar-refractivity contribution in [1.29, 1.82) is 0 Å². The van der Waals surface area contributed by atoms with Crippen LogP contribution in [-0.2, 0) is 12.8 Å². The van der Waals surface area contributed by atoms with Gasteiger partial charge in [0.15, 0.2) is 0 Å². The third-order valence-electron chi connectivity index (χ3n) is 5.30. The molecular weight excluding hydrogens is 254 g/mol. The molecule has 2 unspecified atom stereocenters. The summed E-state index contributed by atoms with van der Waals surface area (Å²) in [5.41, 5.74) is 3.07. The predicted molar refractivity (Wildman–Crippen MR) is 79.7 cm³/mol. The van der Waals surface area contributed by atoms with E-state index in [0.29, 0.717) is 0 Å². The van der Waals surface area contributed by atoms with E-state index in [-0.39, 0.29) is 0 Å². The van der Waals surface area contributed by atoms with Crippen molar-refractivity contribution < 1.29 is 0 Å². The van der Waals surface area contributed by atoms with Gasteiger partial charge < -0.3 is 0 Å². The summed E-state index contributed by atoms with van der Waals surface area (Å²) in [5.74, 6) is 1.89. The highest BCUT2D eigenvalue weighted by Gasteiger charge is 2.37. The molecule has 4 rings (SSSR count). The lowest BCUT2D eigenvalue weighted by Gasteiger charge is -2.45. The van der Waals surface area contributed by atoms with Gasteiger partial charge in [0.05, 0.1) is 0 Å². The van der Waals surface area contributed by atoms with Crippen molar-refractivity contribution in [2.75, 3.05) is 13.1 Å². The van der Waals surface area contributed by atoms with Crippen molar-refractivity contribution in [2.45, 2.75) is 44.6 Å². The van der Waals surface area contributed by atoms with E-state index in [1.807, 2.05) is 0 Å². The fourth-order valence-electron chi connectivity index (χ4n) is 4.10. The lowest BCUT2D eigenvalue weighted by Crippen LogP contribution is -2.49. The minimum atomic E-state index is 0.808. The fraction of sp³-hybridized carbons (Fsp3) is 0.647. The lowest BCUT2D eigenvalue weighted by atomic mass is 9.75. The van der Waals surface area contributed by atoms with Crippen molar-refractivity contribution >= 4 is 11.6 Å². The van der Waals surface area contributed by atoms with E-state index in [9.17, 15) is 0 Å². The Balaban J connectivity index is 1.58. The molecule has 2 aliphatic carbocycles. The second-order valence-electron chi connectivity index (χ2n) is 6.73. The molecule has 1 aliphatic heterocycles. The number of hydrogen-bond donors (Lipinski definition) is 0. The summed E-state index contributed by atoms with van der Waals surface area (Å²) in [6.07, 6.45) is 8.26. The van der Waals surface area contributed by atoms with Crippen molar-refractivity contribution in [3.05, 3.63) is 34.3 Å². The number of likely N-dealkylation sites (tertiary alicyclic amines) is 1. The highest BCUT2D eigenvalue weighted by molar-refractivity contribution is 6.30. The van der Waals surface area contributed by atoms with Gasteiger partial charge in [0, 0.05) is 17.6 Å². The molecule has 1 aromatic carbocycles. The molecule has 0 N–H and O–H groups in total. The Morgan fingerprint density at radius 2 is 2.00 bits per heavy atom. The first-order valence-corrected chi connectivity index (χ1v) is 8.19. The van der Waals surface area contributed by atoms with Crippen molar-refractivity contribution in [2.24, 2.45) is 11.8 Å². The van der Waals surface area contributed by atoms with Crippen LogP contribution in [0.3, 0.4) is 0 Å². The Kier molecular flexibility index (Phi) is 3.08. The summed E-state index contributed by atoms with van der Waals surface area (Å²) >= 11 is 6.15. The van der Waals surface area contributed by atoms with Crippen LogP contribution in [0, 0.1) is 11.8 Å². The number of nitrogens with zero attached hydrogens (tertiary/aromatic N) is 1. The zero-order valence-electron chi connectivity index (χ0n) is 11.4. The molecule has 3 aliphatic rings. The van der Waals surface area contributed by atoms with Crippen LogP contribution >= 0.6 is 11.6 Å². The van der Waals surface area contributed by atoms with Gasteiger partial charge in [-0.25, -0.2) is 0 Å². The first-order valence-electron chi connectivity index (χ1n) is 7.81. The minimum absolute atomic E-state index is 0.808. The Hall–Kier alpha value is -0.530. The monoisotopic (exact) mass is 275 g/mol. The summed E-state index contributed by atoms with van der Waals surface area (Å²) in [4.78, 5) is 2.81. The van der Waals surface area contributed by atoms with Crippen LogP contribution in [0.4, 0.5) is 0 Å². The SMILES string of the molecule is Clc1ccc2c(c1)CC1CCCN(CC3CC3)C1C2. The smallest absolute Gasteiger partial charge is 0.0408 e. The van der Waals surface area contributed by atoms with Gasteiger partial charge in [-0.05, 0) is 80.2 Å². The molecule has 1 aromatic rings. The van der Waals surface area contributed by atoms with Crippen molar-refractivity contribution in [3.8, 4) is 0 Å². The molecule has 19 heavy (non-hydrogen) atoms. The molecule has 1 saturated carbocycles. The third-order valence-corrected chi connectivity index (χ3v) is 5.54. The number of rotatable bonds is 2. The fourth-order valence-corrected chi connectivity index (χ4v) is 4.29. The van der Waals surface area contributed by atoms with Gasteiger partial charge in [-0.3, -0.25) is 4.90 Å². The van der Waals surface area contributed by atoms with Gasteiger partial charge in [-0.2, -0.15) is 0 Å². The predicted octanol–water partition coefficient (Wildman–Crippen LogP) is 3.93. The van der Waals surface area contributed by atoms with Gasteiger partial charge in [0.2, 0.25) is 0 Å². The van der Waals surface area contributed by atoms with Crippen LogP contribution in [0.1, 0.15) is 36.8 Å². The number of benzene rings is 1. The van der Waals surface area contributed by atoms with Crippen molar-refractivity contribution in [1.82, 2.24) is 4.90 Å². The maximum atomic E-state index is 6.15. The number of piperidine rings is 1. The van der Waals surface area contributed by atoms with E-state index < -0.39 is 0 Å². The topological polar surface area (TPSA) is 3.24 Å². The molecule has 1 saturated heterocycles. The van der Waals surface area contributed by atoms with Gasteiger partial charge in [-0.1, -0.05) is 17.7 Å². The molecule has 0 bridgehead atoms. The maximum absolute atomic E-state index is 6.15. The van der Waals surface area contributed by atoms with Crippen LogP contribution in [0.2, 0.25) is 5.02 Å². The quantitative estimate of drug-likeness (QED) is 0.791. The second kappa shape index (κ2) is 4.79. The lowest BCUT2D eigenvalue weighted by molar-refractivity contribution is 0.0809. The highest BCUT2D eigenvalue weighted by Crippen LogP contribution is 2.38. The molecule has 1 heterocycles. The zero-order chi connectivity index (χ0) is 12.8. The van der Waals surface area contributed by atoms with Gasteiger partial charge in [0.1, 0.15) is 0 Å². The first kappa shape index (κ1) is 12.2.